The minimum absolute atomic E-state index is 0.0471. The number of nitrogens with one attached hydrogen (secondary N) is 1. The lowest BCUT2D eigenvalue weighted by molar-refractivity contribution is -0.135. The molecule has 0 aliphatic carbocycles. The Morgan fingerprint density at radius 2 is 1.92 bits per heavy atom. The zero-order valence-electron chi connectivity index (χ0n) is 15.1. The molecular formula is C17H24N2O6S. The molecule has 1 unspecified atom stereocenters. The van der Waals surface area contributed by atoms with Crippen molar-refractivity contribution in [3.05, 3.63) is 23.8 Å². The van der Waals surface area contributed by atoms with Gasteiger partial charge in [0.05, 0.1) is 32.3 Å². The summed E-state index contributed by atoms with van der Waals surface area (Å²) in [5, 5.41) is 2.69. The number of carbonyl (C=O) groups excluding carboxylic acids is 2. The van der Waals surface area contributed by atoms with Crippen molar-refractivity contribution in [2.45, 2.75) is 25.9 Å². The molecule has 1 heterocycles. The largest absolute Gasteiger partial charge is 0.493 e. The first-order valence-corrected chi connectivity index (χ1v) is 10.0. The summed E-state index contributed by atoms with van der Waals surface area (Å²) in [4.78, 5) is 25.5. The summed E-state index contributed by atoms with van der Waals surface area (Å²) in [6.45, 7) is 1.47. The van der Waals surface area contributed by atoms with E-state index in [4.69, 9.17) is 9.47 Å². The predicted octanol–water partition coefficient (Wildman–Crippen LogP) is 0.356. The Balaban J connectivity index is 2.00. The van der Waals surface area contributed by atoms with Crippen LogP contribution in [0.15, 0.2) is 18.2 Å². The van der Waals surface area contributed by atoms with Gasteiger partial charge < -0.3 is 19.7 Å². The minimum Gasteiger partial charge on any atom is -0.493 e. The second-order valence-corrected chi connectivity index (χ2v) is 8.46. The van der Waals surface area contributed by atoms with Gasteiger partial charge in [-0.2, -0.15) is 0 Å². The van der Waals surface area contributed by atoms with Crippen LogP contribution in [-0.4, -0.2) is 63.4 Å². The van der Waals surface area contributed by atoms with Gasteiger partial charge in [0.25, 0.3) is 0 Å². The molecule has 1 atom stereocenters. The molecule has 1 aliphatic rings. The summed E-state index contributed by atoms with van der Waals surface area (Å²) >= 11 is 0. The fourth-order valence-corrected chi connectivity index (χ4v) is 4.51. The molecule has 144 valence electrons. The maximum atomic E-state index is 12.2. The molecule has 2 rings (SSSR count). The van der Waals surface area contributed by atoms with Crippen molar-refractivity contribution in [1.29, 1.82) is 0 Å². The van der Waals surface area contributed by atoms with Crippen LogP contribution in [0.4, 0.5) is 0 Å². The van der Waals surface area contributed by atoms with Crippen molar-refractivity contribution in [3.63, 3.8) is 0 Å². The van der Waals surface area contributed by atoms with Crippen molar-refractivity contribution in [2.24, 2.45) is 0 Å². The number of carbonyl (C=O) groups is 2. The lowest BCUT2D eigenvalue weighted by Crippen LogP contribution is -2.43. The Morgan fingerprint density at radius 1 is 1.23 bits per heavy atom. The Bertz CT molecular complexity index is 777. The highest BCUT2D eigenvalue weighted by atomic mass is 32.2. The molecule has 1 aromatic rings. The lowest BCUT2D eigenvalue weighted by atomic mass is 10.2. The first kappa shape index (κ1) is 20.0. The summed E-state index contributed by atoms with van der Waals surface area (Å²) in [5.41, 5.74) is 0.786. The smallest absolute Gasteiger partial charge is 0.239 e. The van der Waals surface area contributed by atoms with E-state index in [1.54, 1.807) is 18.2 Å². The third kappa shape index (κ3) is 5.35. The number of methoxy groups -OCH3 is 2. The summed E-state index contributed by atoms with van der Waals surface area (Å²) in [7, 11) is -0.0138. The van der Waals surface area contributed by atoms with E-state index >= 15 is 0 Å². The van der Waals surface area contributed by atoms with Crippen LogP contribution in [0, 0.1) is 0 Å². The van der Waals surface area contributed by atoms with Crippen LogP contribution in [0.5, 0.6) is 11.5 Å². The molecule has 2 amide bonds. The van der Waals surface area contributed by atoms with E-state index in [2.05, 4.69) is 5.32 Å². The zero-order chi connectivity index (χ0) is 19.3. The number of amides is 2. The number of hydrogen-bond acceptors (Lipinski definition) is 6. The van der Waals surface area contributed by atoms with Crippen molar-refractivity contribution in [2.75, 3.05) is 32.3 Å². The van der Waals surface area contributed by atoms with Crippen LogP contribution in [0.25, 0.3) is 0 Å². The predicted molar refractivity (Wildman–Crippen MR) is 95.8 cm³/mol. The molecule has 1 fully saturated rings. The Kier molecular flexibility index (Phi) is 6.47. The third-order valence-electron chi connectivity index (χ3n) is 4.20. The molecule has 0 bridgehead atoms. The van der Waals surface area contributed by atoms with E-state index in [1.165, 1.54) is 26.0 Å². The molecule has 26 heavy (non-hydrogen) atoms. The quantitative estimate of drug-likeness (QED) is 0.728. The lowest BCUT2D eigenvalue weighted by Gasteiger charge is -2.22. The first-order valence-electron chi connectivity index (χ1n) is 8.20. The van der Waals surface area contributed by atoms with E-state index in [9.17, 15) is 18.0 Å². The Labute approximate surface area is 153 Å². The molecule has 0 radical (unpaired) electrons. The van der Waals surface area contributed by atoms with Crippen molar-refractivity contribution < 1.29 is 27.5 Å². The van der Waals surface area contributed by atoms with Crippen molar-refractivity contribution in [1.82, 2.24) is 10.2 Å². The highest BCUT2D eigenvalue weighted by molar-refractivity contribution is 7.91. The molecule has 1 N–H and O–H groups in total. The zero-order valence-corrected chi connectivity index (χ0v) is 16.0. The molecular weight excluding hydrogens is 360 g/mol. The van der Waals surface area contributed by atoms with Gasteiger partial charge in [-0.1, -0.05) is 6.07 Å². The van der Waals surface area contributed by atoms with Crippen LogP contribution in [0.2, 0.25) is 0 Å². The van der Waals surface area contributed by atoms with E-state index in [1.807, 2.05) is 0 Å². The SMILES string of the molecule is COc1ccc(CN(CC(=O)NC2CCS(=O)(=O)C2)C(C)=O)cc1OC. The van der Waals surface area contributed by atoms with Gasteiger partial charge in [-0.25, -0.2) is 8.42 Å². The third-order valence-corrected chi connectivity index (χ3v) is 5.97. The Hall–Kier alpha value is -2.29. The van der Waals surface area contributed by atoms with Crippen molar-refractivity contribution >= 4 is 21.7 Å². The summed E-state index contributed by atoms with van der Waals surface area (Å²) < 4.78 is 33.4. The molecule has 8 nitrogen and oxygen atoms in total. The number of ether oxygens (including phenoxy) is 2. The summed E-state index contributed by atoms with van der Waals surface area (Å²) in [5.74, 6) is 0.519. The number of sulfone groups is 1. The molecule has 1 aromatic carbocycles. The second-order valence-electron chi connectivity index (χ2n) is 6.23. The molecule has 0 saturated carbocycles. The van der Waals surface area contributed by atoms with Crippen molar-refractivity contribution in [3.8, 4) is 11.5 Å². The average molecular weight is 384 g/mol. The number of benzene rings is 1. The highest BCUT2D eigenvalue weighted by Crippen LogP contribution is 2.28. The fourth-order valence-electron chi connectivity index (χ4n) is 2.83. The van der Waals surface area contributed by atoms with Crippen LogP contribution in [0.1, 0.15) is 18.9 Å². The summed E-state index contributed by atoms with van der Waals surface area (Å²) in [6.07, 6.45) is 0.407. The normalized spacial score (nSPS) is 18.2. The van der Waals surface area contributed by atoms with Gasteiger partial charge in [0.1, 0.15) is 0 Å². The number of rotatable bonds is 7. The minimum atomic E-state index is -3.07. The standard InChI is InChI=1S/C17H24N2O6S/c1-12(20)19(9-13-4-5-15(24-2)16(8-13)25-3)10-17(21)18-14-6-7-26(22,23)11-14/h4-5,8,14H,6-7,9-11H2,1-3H3,(H,18,21). The maximum Gasteiger partial charge on any atom is 0.239 e. The van der Waals surface area contributed by atoms with E-state index in [0.717, 1.165) is 5.56 Å². The molecule has 1 aliphatic heterocycles. The first-order chi connectivity index (χ1) is 12.2. The average Bonchev–Trinajstić information content (AvgIpc) is 2.92. The van der Waals surface area contributed by atoms with Gasteiger partial charge in [0, 0.05) is 19.5 Å². The fraction of sp³-hybridized carbons (Fsp3) is 0.529. The second kappa shape index (κ2) is 8.39. The number of nitrogens with zero attached hydrogens (tertiary/aromatic N) is 1. The van der Waals surface area contributed by atoms with Crippen LogP contribution in [0.3, 0.4) is 0 Å². The monoisotopic (exact) mass is 384 g/mol. The Morgan fingerprint density at radius 3 is 2.46 bits per heavy atom. The van der Waals surface area contributed by atoms with Gasteiger partial charge in [0.15, 0.2) is 21.3 Å². The molecule has 0 spiro atoms. The van der Waals surface area contributed by atoms with Crippen LogP contribution < -0.4 is 14.8 Å². The van der Waals surface area contributed by atoms with Gasteiger partial charge in [-0.15, -0.1) is 0 Å². The van der Waals surface area contributed by atoms with Crippen LogP contribution >= 0.6 is 0 Å². The van der Waals surface area contributed by atoms with Gasteiger partial charge in [-0.05, 0) is 24.1 Å². The molecule has 1 saturated heterocycles. The van der Waals surface area contributed by atoms with E-state index in [-0.39, 0.29) is 42.5 Å². The van der Waals surface area contributed by atoms with Gasteiger partial charge in [0.2, 0.25) is 11.8 Å². The van der Waals surface area contributed by atoms with Gasteiger partial charge >= 0.3 is 0 Å². The number of hydrogen-bond donors (Lipinski definition) is 1. The topological polar surface area (TPSA) is 102 Å². The summed E-state index contributed by atoms with van der Waals surface area (Å²) in [6, 6.07) is 4.88. The highest BCUT2D eigenvalue weighted by Gasteiger charge is 2.29. The maximum absolute atomic E-state index is 12.2. The molecule has 0 aromatic heterocycles. The van der Waals surface area contributed by atoms with Gasteiger partial charge in [-0.3, -0.25) is 9.59 Å². The van der Waals surface area contributed by atoms with Crippen LogP contribution in [-0.2, 0) is 26.0 Å². The van der Waals surface area contributed by atoms with E-state index in [0.29, 0.717) is 17.9 Å². The van der Waals surface area contributed by atoms with E-state index < -0.39 is 9.84 Å². The molecule has 9 heteroatoms.